The highest BCUT2D eigenvalue weighted by Crippen LogP contribution is 2.29. The van der Waals surface area contributed by atoms with E-state index in [4.69, 9.17) is 5.73 Å². The minimum absolute atomic E-state index is 0.208. The van der Waals surface area contributed by atoms with Crippen LogP contribution in [0, 0.1) is 19.3 Å². The van der Waals surface area contributed by atoms with Gasteiger partial charge in [-0.25, -0.2) is 4.98 Å². The molecule has 0 bridgehead atoms. The van der Waals surface area contributed by atoms with Crippen LogP contribution in [-0.2, 0) is 6.54 Å². The normalized spacial score (nSPS) is 13.6. The van der Waals surface area contributed by atoms with Gasteiger partial charge in [0.1, 0.15) is 5.82 Å². The Morgan fingerprint density at radius 2 is 1.89 bits per heavy atom. The lowest BCUT2D eigenvalue weighted by Crippen LogP contribution is -2.40. The Morgan fingerprint density at radius 3 is 2.33 bits per heavy atom. The molecule has 0 radical (unpaired) electrons. The largest absolute Gasteiger partial charge is 0.356 e. The number of nitrogens with zero attached hydrogens (tertiary/aromatic N) is 2. The molecule has 0 saturated carbocycles. The number of nitrogens with two attached hydrogens (primary N) is 1. The number of aryl methyl sites for hydroxylation is 2. The van der Waals surface area contributed by atoms with E-state index in [1.165, 1.54) is 5.56 Å². The maximum Gasteiger partial charge on any atom is 0.133 e. The Bertz CT molecular complexity index is 418. The van der Waals surface area contributed by atoms with Crippen molar-refractivity contribution in [3.8, 4) is 0 Å². The summed E-state index contributed by atoms with van der Waals surface area (Å²) in [6.07, 6.45) is 0. The third kappa shape index (κ3) is 3.02. The number of hydrogen-bond acceptors (Lipinski definition) is 3. The summed E-state index contributed by atoms with van der Waals surface area (Å²) in [5.41, 5.74) is 9.52. The van der Waals surface area contributed by atoms with Crippen molar-refractivity contribution in [1.82, 2.24) is 4.98 Å². The molecule has 102 valence electrons. The van der Waals surface area contributed by atoms with E-state index in [1.54, 1.807) is 0 Å². The number of rotatable bonds is 3. The molecule has 1 aromatic heterocycles. The number of pyridine rings is 1. The van der Waals surface area contributed by atoms with Crippen LogP contribution >= 0.6 is 0 Å². The fourth-order valence-electron chi connectivity index (χ4n) is 2.15. The van der Waals surface area contributed by atoms with Crippen LogP contribution in [0.15, 0.2) is 6.07 Å². The molecule has 3 heteroatoms. The molecule has 0 saturated heterocycles. The van der Waals surface area contributed by atoms with Gasteiger partial charge in [-0.1, -0.05) is 20.8 Å². The first-order chi connectivity index (χ1) is 8.18. The van der Waals surface area contributed by atoms with E-state index in [2.05, 4.69) is 57.6 Å². The monoisotopic (exact) mass is 249 g/mol. The van der Waals surface area contributed by atoms with E-state index in [1.807, 2.05) is 6.92 Å². The van der Waals surface area contributed by atoms with Crippen LogP contribution in [-0.4, -0.2) is 18.1 Å². The lowest BCUT2D eigenvalue weighted by molar-refractivity contribution is 0.328. The smallest absolute Gasteiger partial charge is 0.133 e. The van der Waals surface area contributed by atoms with Crippen molar-refractivity contribution in [1.29, 1.82) is 0 Å². The fraction of sp³-hybridized carbons (Fsp3) is 0.667. The maximum atomic E-state index is 5.88. The zero-order valence-corrected chi connectivity index (χ0v) is 12.8. The zero-order valence-electron chi connectivity index (χ0n) is 12.8. The van der Waals surface area contributed by atoms with Crippen molar-refractivity contribution in [2.45, 2.75) is 54.1 Å². The second-order valence-electron chi connectivity index (χ2n) is 6.24. The molecular weight excluding hydrogens is 222 g/mol. The summed E-state index contributed by atoms with van der Waals surface area (Å²) in [5, 5.41) is 0. The van der Waals surface area contributed by atoms with Gasteiger partial charge in [0.25, 0.3) is 0 Å². The zero-order chi connectivity index (χ0) is 14.1. The molecule has 1 aromatic rings. The van der Waals surface area contributed by atoms with Crippen LogP contribution in [0.4, 0.5) is 5.82 Å². The summed E-state index contributed by atoms with van der Waals surface area (Å²) in [7, 11) is 2.11. The van der Waals surface area contributed by atoms with E-state index >= 15 is 0 Å². The van der Waals surface area contributed by atoms with E-state index in [-0.39, 0.29) is 5.41 Å². The third-order valence-electron chi connectivity index (χ3n) is 3.83. The molecule has 2 N–H and O–H groups in total. The van der Waals surface area contributed by atoms with Gasteiger partial charge in [0.15, 0.2) is 0 Å². The Hall–Kier alpha value is -1.09. The Labute approximate surface area is 111 Å². The van der Waals surface area contributed by atoms with Gasteiger partial charge in [-0.2, -0.15) is 0 Å². The van der Waals surface area contributed by atoms with Gasteiger partial charge in [-0.05, 0) is 37.8 Å². The summed E-state index contributed by atoms with van der Waals surface area (Å²) in [5.74, 6) is 1.03. The van der Waals surface area contributed by atoms with Crippen molar-refractivity contribution in [2.24, 2.45) is 11.1 Å². The first kappa shape index (κ1) is 15.0. The van der Waals surface area contributed by atoms with Gasteiger partial charge in [0.05, 0.1) is 0 Å². The van der Waals surface area contributed by atoms with Crippen LogP contribution < -0.4 is 10.6 Å². The molecular formula is C15H27N3. The summed E-state index contributed by atoms with van der Waals surface area (Å²) in [6, 6.07) is 2.50. The molecule has 0 aromatic carbocycles. The molecule has 0 amide bonds. The molecule has 0 aliphatic heterocycles. The number of aromatic nitrogens is 1. The highest BCUT2D eigenvalue weighted by molar-refractivity contribution is 5.52. The van der Waals surface area contributed by atoms with Crippen molar-refractivity contribution in [2.75, 3.05) is 11.9 Å². The van der Waals surface area contributed by atoms with E-state index in [9.17, 15) is 0 Å². The molecule has 1 rings (SSSR count). The summed E-state index contributed by atoms with van der Waals surface area (Å²) < 4.78 is 0. The molecule has 1 unspecified atom stereocenters. The molecule has 3 nitrogen and oxygen atoms in total. The predicted octanol–water partition coefficient (Wildman–Crippen LogP) is 3.03. The Kier molecular flexibility index (Phi) is 4.38. The second-order valence-corrected chi connectivity index (χ2v) is 6.24. The molecule has 0 aliphatic carbocycles. The lowest BCUT2D eigenvalue weighted by atomic mass is 9.87. The average Bonchev–Trinajstić information content (AvgIpc) is 2.24. The SMILES string of the molecule is Cc1cc(C)c(CN)c(N(C)C(C)C(C)(C)C)n1. The highest BCUT2D eigenvalue weighted by atomic mass is 15.2. The van der Waals surface area contributed by atoms with Crippen molar-refractivity contribution in [3.05, 3.63) is 22.9 Å². The average molecular weight is 249 g/mol. The number of anilines is 1. The number of hydrogen-bond donors (Lipinski definition) is 1. The summed E-state index contributed by atoms with van der Waals surface area (Å²) >= 11 is 0. The quantitative estimate of drug-likeness (QED) is 0.895. The molecule has 18 heavy (non-hydrogen) atoms. The lowest BCUT2D eigenvalue weighted by Gasteiger charge is -2.37. The second kappa shape index (κ2) is 5.27. The molecule has 1 heterocycles. The molecule has 0 aliphatic rings. The maximum absolute atomic E-state index is 5.88. The van der Waals surface area contributed by atoms with E-state index < -0.39 is 0 Å². The van der Waals surface area contributed by atoms with Crippen LogP contribution in [0.3, 0.4) is 0 Å². The summed E-state index contributed by atoms with van der Waals surface area (Å²) in [4.78, 5) is 6.94. The van der Waals surface area contributed by atoms with Gasteiger partial charge < -0.3 is 10.6 Å². The topological polar surface area (TPSA) is 42.1 Å². The third-order valence-corrected chi connectivity index (χ3v) is 3.83. The first-order valence-corrected chi connectivity index (χ1v) is 6.58. The van der Waals surface area contributed by atoms with Crippen LogP contribution in [0.2, 0.25) is 0 Å². The molecule has 0 spiro atoms. The van der Waals surface area contributed by atoms with Gasteiger partial charge in [-0.15, -0.1) is 0 Å². The fourth-order valence-corrected chi connectivity index (χ4v) is 2.15. The van der Waals surface area contributed by atoms with Crippen molar-refractivity contribution in [3.63, 3.8) is 0 Å². The van der Waals surface area contributed by atoms with Gasteiger partial charge in [0.2, 0.25) is 0 Å². The van der Waals surface area contributed by atoms with Crippen molar-refractivity contribution >= 4 is 5.82 Å². The van der Waals surface area contributed by atoms with Gasteiger partial charge in [-0.3, -0.25) is 0 Å². The van der Waals surface area contributed by atoms with E-state index in [0.29, 0.717) is 12.6 Å². The van der Waals surface area contributed by atoms with Crippen LogP contribution in [0.5, 0.6) is 0 Å². The standard InChI is InChI=1S/C15H27N3/c1-10-8-11(2)17-14(13(10)9-16)18(7)12(3)15(4,5)6/h8,12H,9,16H2,1-7H3. The van der Waals surface area contributed by atoms with Crippen LogP contribution in [0.1, 0.15) is 44.5 Å². The first-order valence-electron chi connectivity index (χ1n) is 6.58. The van der Waals surface area contributed by atoms with E-state index in [0.717, 1.165) is 17.1 Å². The predicted molar refractivity (Wildman–Crippen MR) is 78.9 cm³/mol. The molecule has 1 atom stereocenters. The van der Waals surface area contributed by atoms with Gasteiger partial charge >= 0.3 is 0 Å². The van der Waals surface area contributed by atoms with Crippen molar-refractivity contribution < 1.29 is 0 Å². The van der Waals surface area contributed by atoms with Crippen LogP contribution in [0.25, 0.3) is 0 Å². The van der Waals surface area contributed by atoms with Gasteiger partial charge in [0, 0.05) is 30.9 Å². The molecule has 0 fully saturated rings. The Morgan fingerprint density at radius 1 is 1.33 bits per heavy atom. The minimum Gasteiger partial charge on any atom is -0.356 e. The summed E-state index contributed by atoms with van der Waals surface area (Å²) in [6.45, 7) is 13.7. The minimum atomic E-state index is 0.208. The highest BCUT2D eigenvalue weighted by Gasteiger charge is 2.26. The Balaban J connectivity index is 3.24.